The van der Waals surface area contributed by atoms with Gasteiger partial charge in [-0.2, -0.15) is 0 Å². The van der Waals surface area contributed by atoms with Gasteiger partial charge in [0.05, 0.1) is 0 Å². The van der Waals surface area contributed by atoms with Crippen LogP contribution in [0.3, 0.4) is 0 Å². The van der Waals surface area contributed by atoms with Crippen LogP contribution in [0.1, 0.15) is 0 Å². The predicted molar refractivity (Wildman–Crippen MR) is 543 cm³/mol. The number of aromatic nitrogens is 9. The van der Waals surface area contributed by atoms with Crippen molar-refractivity contribution < 1.29 is 0 Å². The Morgan fingerprint density at radius 3 is 0.752 bits per heavy atom. The predicted octanol–water partition coefficient (Wildman–Crippen LogP) is 32.0. The van der Waals surface area contributed by atoms with Crippen molar-refractivity contribution in [3.05, 3.63) is 431 Å². The average Bonchev–Trinajstić information content (AvgIpc) is 1.77. The Labute approximate surface area is 753 Å². The minimum atomic E-state index is 0.656. The van der Waals surface area contributed by atoms with Gasteiger partial charge in [0.15, 0.2) is 52.4 Å². The molecule has 0 saturated carbocycles. The van der Waals surface area contributed by atoms with Crippen LogP contribution in [-0.2, 0) is 0 Å². The molecule has 129 heavy (non-hydrogen) atoms. The van der Waals surface area contributed by atoms with Gasteiger partial charge in [0, 0.05) is 111 Å². The lowest BCUT2D eigenvalue weighted by Crippen LogP contribution is -2.00. The number of hydrogen-bond donors (Lipinski definition) is 0. The fourth-order valence-electron chi connectivity index (χ4n) is 17.9. The van der Waals surface area contributed by atoms with Gasteiger partial charge in [-0.15, -0.1) is 34.0 Å². The first-order chi connectivity index (χ1) is 63.8. The molecule has 0 N–H and O–H groups in total. The zero-order chi connectivity index (χ0) is 85.2. The Morgan fingerprint density at radius 1 is 0.124 bits per heavy atom. The largest absolute Gasteiger partial charge is 0.208 e. The summed E-state index contributed by atoms with van der Waals surface area (Å²) in [5, 5.41) is 22.1. The van der Waals surface area contributed by atoms with E-state index in [4.69, 9.17) is 44.9 Å². The first kappa shape index (κ1) is 76.3. The molecule has 26 rings (SSSR count). The maximum absolute atomic E-state index is 5.14. The van der Waals surface area contributed by atoms with Crippen LogP contribution in [0, 0.1) is 0 Å². The molecule has 602 valence electrons. The van der Waals surface area contributed by atoms with Gasteiger partial charge in [-0.05, 0) is 166 Å². The molecule has 0 unspecified atom stereocenters. The summed E-state index contributed by atoms with van der Waals surface area (Å²) >= 11 is 5.42. The zero-order valence-corrected chi connectivity index (χ0v) is 71.7. The summed E-state index contributed by atoms with van der Waals surface area (Å²) in [5.41, 5.74) is 13.4. The molecule has 0 aliphatic rings. The first-order valence-electron chi connectivity index (χ1n) is 43.0. The third kappa shape index (κ3) is 14.6. The van der Waals surface area contributed by atoms with Crippen molar-refractivity contribution in [1.82, 2.24) is 44.9 Å². The number of thiophene rings is 3. The van der Waals surface area contributed by atoms with E-state index >= 15 is 0 Å². The third-order valence-electron chi connectivity index (χ3n) is 24.4. The molecule has 0 radical (unpaired) electrons. The minimum Gasteiger partial charge on any atom is -0.208 e. The summed E-state index contributed by atoms with van der Waals surface area (Å²) in [6.45, 7) is 0. The van der Waals surface area contributed by atoms with Gasteiger partial charge in [-0.3, -0.25) is 0 Å². The van der Waals surface area contributed by atoms with Crippen molar-refractivity contribution in [2.75, 3.05) is 0 Å². The highest BCUT2D eigenvalue weighted by Crippen LogP contribution is 2.44. The van der Waals surface area contributed by atoms with Crippen molar-refractivity contribution in [1.29, 1.82) is 0 Å². The Kier molecular flexibility index (Phi) is 19.3. The molecule has 9 nitrogen and oxygen atoms in total. The normalized spacial score (nSPS) is 11.6. The molecule has 20 aromatic carbocycles. The Bertz CT molecular complexity index is 8870. The summed E-state index contributed by atoms with van der Waals surface area (Å²) in [5.74, 6) is 6.00. The van der Waals surface area contributed by atoms with E-state index in [1.54, 1.807) is 11.3 Å². The van der Waals surface area contributed by atoms with E-state index < -0.39 is 0 Å². The van der Waals surface area contributed by atoms with Crippen LogP contribution in [0.4, 0.5) is 0 Å². The average molecular weight is 1700 g/mol. The monoisotopic (exact) mass is 1700 g/mol. The molecule has 6 aromatic heterocycles. The molecule has 0 aliphatic heterocycles. The quantitative estimate of drug-likeness (QED) is 0.117. The van der Waals surface area contributed by atoms with Crippen LogP contribution in [0.15, 0.2) is 431 Å². The lowest BCUT2D eigenvalue weighted by molar-refractivity contribution is 1.07. The Morgan fingerprint density at radius 2 is 0.364 bits per heavy atom. The van der Waals surface area contributed by atoms with E-state index in [0.29, 0.717) is 52.4 Å². The lowest BCUT2D eigenvalue weighted by atomic mass is 10.00. The molecule has 6 heterocycles. The third-order valence-corrected chi connectivity index (χ3v) is 27.9. The van der Waals surface area contributed by atoms with Crippen molar-refractivity contribution in [3.8, 4) is 125 Å². The van der Waals surface area contributed by atoms with E-state index in [1.165, 1.54) is 126 Å². The topological polar surface area (TPSA) is 116 Å². The van der Waals surface area contributed by atoms with Gasteiger partial charge in [0.1, 0.15) is 0 Å². The first-order valence-corrected chi connectivity index (χ1v) is 45.5. The van der Waals surface area contributed by atoms with Gasteiger partial charge in [0.25, 0.3) is 0 Å². The summed E-state index contributed by atoms with van der Waals surface area (Å²) < 4.78 is 7.53. The second-order valence-corrected chi connectivity index (χ2v) is 35.5. The Hall–Kier alpha value is -16.4. The number of rotatable bonds is 11. The van der Waals surface area contributed by atoms with E-state index in [0.717, 1.165) is 72.0 Å². The molecular formula is C117H71N9S3. The molecule has 0 atom stereocenters. The van der Waals surface area contributed by atoms with Crippen molar-refractivity contribution in [3.63, 3.8) is 0 Å². The van der Waals surface area contributed by atoms with Gasteiger partial charge in [-0.1, -0.05) is 352 Å². The van der Waals surface area contributed by atoms with Gasteiger partial charge >= 0.3 is 0 Å². The molecule has 0 bridgehead atoms. The van der Waals surface area contributed by atoms with Crippen LogP contribution in [0.2, 0.25) is 0 Å². The minimum absolute atomic E-state index is 0.656. The fraction of sp³-hybridized carbons (Fsp3) is 0. The molecule has 0 fully saturated rings. The highest BCUT2D eigenvalue weighted by atomic mass is 32.1. The number of fused-ring (bicyclic) bond motifs is 18. The summed E-state index contributed by atoms with van der Waals surface area (Å²) in [4.78, 5) is 45.4. The van der Waals surface area contributed by atoms with E-state index in [-0.39, 0.29) is 0 Å². The van der Waals surface area contributed by atoms with Crippen LogP contribution >= 0.6 is 34.0 Å². The molecule has 0 amide bonds. The summed E-state index contributed by atoms with van der Waals surface area (Å²) in [6.07, 6.45) is 0. The van der Waals surface area contributed by atoms with E-state index in [9.17, 15) is 0 Å². The second kappa shape index (κ2) is 32.6. The van der Waals surface area contributed by atoms with Crippen LogP contribution in [0.25, 0.3) is 250 Å². The molecule has 12 heteroatoms. The lowest BCUT2D eigenvalue weighted by Gasteiger charge is -2.11. The standard InChI is InChI=1S/2C41H25N3S.C35H21N3S/c1-2-9-26(10-3-1)27-17-20-29(21-18-27)39-42-40(31-23-24-33-30(25-31)22-19-28-11-4-5-12-32(28)33)44-41(43-39)36-15-8-14-35-34-13-6-7-16-37(34)45-38(35)36;1-2-8-26(9-3-1)27-14-17-29(18-15-27)39-42-40(31-20-22-34-30(24-31)19-16-28-10-4-5-11-33(28)34)44-41(43-39)32-21-23-38-36(25-32)35-12-6-7-13-37(35)45-38;1-2-9-23(10-3-1)33-36-34(25-16-18-28-24(20-25)15-14-22-8-4-5-11-27(22)28)38-35(37-33)26-17-19-32-30(21-26)29-12-6-7-13-31(29)39-32/h2*1-25H;1-21H. The van der Waals surface area contributed by atoms with Gasteiger partial charge < -0.3 is 0 Å². The van der Waals surface area contributed by atoms with Crippen molar-refractivity contribution in [2.45, 2.75) is 0 Å². The van der Waals surface area contributed by atoms with Gasteiger partial charge in [-0.25, -0.2) is 44.9 Å². The number of benzene rings is 20. The van der Waals surface area contributed by atoms with Gasteiger partial charge in [0.2, 0.25) is 0 Å². The maximum Gasteiger partial charge on any atom is 0.165 e. The molecule has 0 saturated heterocycles. The zero-order valence-electron chi connectivity index (χ0n) is 69.2. The SMILES string of the molecule is c1ccc(-c2ccc(-c3nc(-c4ccc5c(ccc6ccccc65)c4)nc(-c4ccc5sc6ccccc6c5c4)n3)cc2)cc1.c1ccc(-c2ccc(-c3nc(-c4ccc5c(ccc6ccccc65)c4)nc(-c4cccc5c4sc4ccccc45)n3)cc2)cc1.c1ccc(-c2nc(-c3ccc4c(ccc5ccccc54)c3)nc(-c3ccc4sc5ccccc5c4c3)n2)cc1. The smallest absolute Gasteiger partial charge is 0.165 e. The van der Waals surface area contributed by atoms with Crippen LogP contribution in [-0.4, -0.2) is 44.9 Å². The van der Waals surface area contributed by atoms with Crippen LogP contribution < -0.4 is 0 Å². The molecule has 0 spiro atoms. The van der Waals surface area contributed by atoms with Crippen LogP contribution in [0.5, 0.6) is 0 Å². The summed E-state index contributed by atoms with van der Waals surface area (Å²) in [7, 11) is 0. The Balaban J connectivity index is 0.000000108. The molecule has 26 aromatic rings. The molecular weight excluding hydrogens is 1630 g/mol. The number of nitrogens with zero attached hydrogens (tertiary/aromatic N) is 9. The van der Waals surface area contributed by atoms with Crippen molar-refractivity contribution in [2.24, 2.45) is 0 Å². The summed E-state index contributed by atoms with van der Waals surface area (Å²) in [6, 6.07) is 151. The van der Waals surface area contributed by atoms with Crippen molar-refractivity contribution >= 4 is 159 Å². The van der Waals surface area contributed by atoms with E-state index in [1.807, 2.05) is 65.1 Å². The second-order valence-electron chi connectivity index (χ2n) is 32.2. The molecule has 0 aliphatic carbocycles. The fourth-order valence-corrected chi connectivity index (χ4v) is 21.2. The number of hydrogen-bond acceptors (Lipinski definition) is 12. The highest BCUT2D eigenvalue weighted by molar-refractivity contribution is 7.27. The van der Waals surface area contributed by atoms with E-state index in [2.05, 4.69) is 388 Å². The highest BCUT2D eigenvalue weighted by Gasteiger charge is 2.22. The maximum atomic E-state index is 5.14.